The molecule has 14 heavy (non-hydrogen) atoms. The summed E-state index contributed by atoms with van der Waals surface area (Å²) in [6.45, 7) is 7.85. The van der Waals surface area contributed by atoms with Crippen molar-refractivity contribution < 1.29 is 4.57 Å². The molecule has 1 nitrogen and oxygen atoms in total. The topological polar surface area (TPSA) is 3.88 Å². The van der Waals surface area contributed by atoms with Gasteiger partial charge in [-0.3, -0.25) is 0 Å². The summed E-state index contributed by atoms with van der Waals surface area (Å²) in [5.41, 5.74) is 2.92. The highest BCUT2D eigenvalue weighted by atomic mass is 14.9. The Balaban J connectivity index is 2.81. The third-order valence-corrected chi connectivity index (χ3v) is 2.62. The Morgan fingerprint density at radius 1 is 1.00 bits per heavy atom. The van der Waals surface area contributed by atoms with Crippen LogP contribution in [0.5, 0.6) is 0 Å². The number of aryl methyl sites for hydroxylation is 3. The van der Waals surface area contributed by atoms with Gasteiger partial charge in [0.25, 0.3) is 0 Å². The molecular weight excluding hydrogens is 170 g/mol. The van der Waals surface area contributed by atoms with Gasteiger partial charge in [-0.1, -0.05) is 27.2 Å². The summed E-state index contributed by atoms with van der Waals surface area (Å²) in [6, 6.07) is 2.32. The van der Waals surface area contributed by atoms with E-state index in [1.54, 1.807) is 0 Å². The fraction of sp³-hybridized carbons (Fsp3) is 0.615. The lowest BCUT2D eigenvalue weighted by atomic mass is 10.1. The maximum atomic E-state index is 2.35. The molecule has 78 valence electrons. The molecule has 1 heteroatoms. The lowest BCUT2D eigenvalue weighted by molar-refractivity contribution is -0.698. The van der Waals surface area contributed by atoms with Crippen LogP contribution >= 0.6 is 0 Å². The van der Waals surface area contributed by atoms with Gasteiger partial charge in [-0.05, 0) is 18.9 Å². The Morgan fingerprint density at radius 2 is 1.57 bits per heavy atom. The molecule has 0 radical (unpaired) electrons. The van der Waals surface area contributed by atoms with E-state index in [2.05, 4.69) is 43.8 Å². The summed E-state index contributed by atoms with van der Waals surface area (Å²) >= 11 is 0. The monoisotopic (exact) mass is 192 g/mol. The molecule has 0 atom stereocenters. The van der Waals surface area contributed by atoms with Gasteiger partial charge in [-0.25, -0.2) is 4.57 Å². The maximum Gasteiger partial charge on any atom is 0.171 e. The van der Waals surface area contributed by atoms with E-state index < -0.39 is 0 Å². The molecule has 0 saturated heterocycles. The van der Waals surface area contributed by atoms with Crippen molar-refractivity contribution in [3.8, 4) is 0 Å². The number of rotatable bonds is 5. The minimum atomic E-state index is 1.14. The largest absolute Gasteiger partial charge is 0.205 e. The van der Waals surface area contributed by atoms with Crippen LogP contribution in [0.15, 0.2) is 18.5 Å². The van der Waals surface area contributed by atoms with E-state index >= 15 is 0 Å². The molecule has 0 fully saturated rings. The predicted octanol–water partition coefficient (Wildman–Crippen LogP) is 2.90. The van der Waals surface area contributed by atoms with Crippen LogP contribution in [0.3, 0.4) is 0 Å². The van der Waals surface area contributed by atoms with Gasteiger partial charge in [0.05, 0.1) is 0 Å². The average Bonchev–Trinajstić information content (AvgIpc) is 2.25. The fourth-order valence-electron chi connectivity index (χ4n) is 1.63. The van der Waals surface area contributed by atoms with Gasteiger partial charge >= 0.3 is 0 Å². The number of aromatic nitrogens is 1. The molecule has 1 aromatic heterocycles. The summed E-state index contributed by atoms with van der Waals surface area (Å²) in [7, 11) is 0. The Bertz CT molecular complexity index is 256. The fourth-order valence-corrected chi connectivity index (χ4v) is 1.63. The van der Waals surface area contributed by atoms with E-state index in [9.17, 15) is 0 Å². The minimum absolute atomic E-state index is 1.14. The number of unbranched alkanes of at least 4 members (excludes halogenated alkanes) is 1. The maximum absolute atomic E-state index is 2.35. The van der Waals surface area contributed by atoms with E-state index in [4.69, 9.17) is 0 Å². The van der Waals surface area contributed by atoms with E-state index in [0.717, 1.165) is 19.4 Å². The zero-order valence-corrected chi connectivity index (χ0v) is 9.71. The molecule has 0 N–H and O–H groups in total. The van der Waals surface area contributed by atoms with Gasteiger partial charge in [-0.2, -0.15) is 0 Å². The van der Waals surface area contributed by atoms with Crippen LogP contribution in [0, 0.1) is 0 Å². The summed E-state index contributed by atoms with van der Waals surface area (Å²) in [5, 5.41) is 0. The molecule has 1 heterocycles. The molecule has 1 aromatic rings. The van der Waals surface area contributed by atoms with Crippen molar-refractivity contribution in [3.05, 3.63) is 29.6 Å². The van der Waals surface area contributed by atoms with Crippen molar-refractivity contribution >= 4 is 0 Å². The second-order valence-corrected chi connectivity index (χ2v) is 3.85. The van der Waals surface area contributed by atoms with E-state index in [1.165, 1.54) is 24.0 Å². The molecule has 0 saturated carbocycles. The Kier molecular flexibility index (Phi) is 4.64. The highest BCUT2D eigenvalue weighted by Crippen LogP contribution is 2.03. The van der Waals surface area contributed by atoms with Crippen LogP contribution in [0.2, 0.25) is 0 Å². The highest BCUT2D eigenvalue weighted by Gasteiger charge is 2.04. The first kappa shape index (κ1) is 11.2. The summed E-state index contributed by atoms with van der Waals surface area (Å²) < 4.78 is 2.35. The van der Waals surface area contributed by atoms with Crippen LogP contribution in [0.1, 0.15) is 44.7 Å². The van der Waals surface area contributed by atoms with Crippen molar-refractivity contribution in [2.45, 2.75) is 53.0 Å². The standard InChI is InChI=1S/C13H22N/c1-4-7-8-14-10-12(5-2)9-13(6-3)11-14/h9-11H,4-8H2,1-3H3/q+1. The zero-order valence-electron chi connectivity index (χ0n) is 9.71. The van der Waals surface area contributed by atoms with Crippen molar-refractivity contribution in [2.75, 3.05) is 0 Å². The first-order valence-corrected chi connectivity index (χ1v) is 5.82. The first-order chi connectivity index (χ1) is 6.80. The SMILES string of the molecule is CCCC[n+]1cc(CC)cc(CC)c1. The normalized spacial score (nSPS) is 10.5. The van der Waals surface area contributed by atoms with Crippen LogP contribution in [-0.2, 0) is 19.4 Å². The highest BCUT2D eigenvalue weighted by molar-refractivity contribution is 5.14. The third-order valence-electron chi connectivity index (χ3n) is 2.62. The summed E-state index contributed by atoms with van der Waals surface area (Å²) in [4.78, 5) is 0. The molecule has 0 spiro atoms. The molecule has 0 aliphatic rings. The second kappa shape index (κ2) is 5.79. The van der Waals surface area contributed by atoms with Crippen LogP contribution < -0.4 is 4.57 Å². The quantitative estimate of drug-likeness (QED) is 0.632. The Morgan fingerprint density at radius 3 is 2.00 bits per heavy atom. The van der Waals surface area contributed by atoms with Gasteiger partial charge in [0, 0.05) is 17.5 Å². The second-order valence-electron chi connectivity index (χ2n) is 3.85. The molecule has 0 unspecified atom stereocenters. The number of pyridine rings is 1. The molecule has 0 aromatic carbocycles. The van der Waals surface area contributed by atoms with Crippen LogP contribution in [0.25, 0.3) is 0 Å². The van der Waals surface area contributed by atoms with Gasteiger partial charge < -0.3 is 0 Å². The van der Waals surface area contributed by atoms with Crippen molar-refractivity contribution in [1.82, 2.24) is 0 Å². The smallest absolute Gasteiger partial charge is 0.171 e. The molecule has 0 aliphatic carbocycles. The predicted molar refractivity (Wildman–Crippen MR) is 60.3 cm³/mol. The van der Waals surface area contributed by atoms with E-state index in [-0.39, 0.29) is 0 Å². The van der Waals surface area contributed by atoms with E-state index in [0.29, 0.717) is 0 Å². The van der Waals surface area contributed by atoms with Crippen molar-refractivity contribution in [2.24, 2.45) is 0 Å². The number of hydrogen-bond donors (Lipinski definition) is 0. The van der Waals surface area contributed by atoms with Gasteiger partial charge in [0.1, 0.15) is 6.54 Å². The van der Waals surface area contributed by atoms with Crippen molar-refractivity contribution in [3.63, 3.8) is 0 Å². The molecule has 1 rings (SSSR count). The minimum Gasteiger partial charge on any atom is -0.205 e. The first-order valence-electron chi connectivity index (χ1n) is 5.82. The van der Waals surface area contributed by atoms with Crippen molar-refractivity contribution in [1.29, 1.82) is 0 Å². The van der Waals surface area contributed by atoms with Gasteiger partial charge in [0.2, 0.25) is 0 Å². The molecule has 0 bridgehead atoms. The molecular formula is C13H22N+. The number of nitrogens with zero attached hydrogens (tertiary/aromatic N) is 1. The van der Waals surface area contributed by atoms with Crippen LogP contribution in [-0.4, -0.2) is 0 Å². The van der Waals surface area contributed by atoms with Gasteiger partial charge in [-0.15, -0.1) is 0 Å². The zero-order chi connectivity index (χ0) is 10.4. The molecule has 0 amide bonds. The van der Waals surface area contributed by atoms with Crippen LogP contribution in [0.4, 0.5) is 0 Å². The van der Waals surface area contributed by atoms with Gasteiger partial charge in [0.15, 0.2) is 12.4 Å². The van der Waals surface area contributed by atoms with E-state index in [1.807, 2.05) is 0 Å². The molecule has 0 aliphatic heterocycles. The third kappa shape index (κ3) is 3.13. The lowest BCUT2D eigenvalue weighted by Gasteiger charge is -2.01. The summed E-state index contributed by atoms with van der Waals surface area (Å²) in [6.07, 6.45) is 9.40. The average molecular weight is 192 g/mol. The Hall–Kier alpha value is -0.850. The lowest BCUT2D eigenvalue weighted by Crippen LogP contribution is -2.34. The summed E-state index contributed by atoms with van der Waals surface area (Å²) in [5.74, 6) is 0. The Labute approximate surface area is 87.8 Å². The number of hydrogen-bond acceptors (Lipinski definition) is 0.